The summed E-state index contributed by atoms with van der Waals surface area (Å²) in [7, 11) is 0. The van der Waals surface area contributed by atoms with Gasteiger partial charge in [0.05, 0.1) is 12.0 Å². The number of ether oxygens (including phenoxy) is 1. The van der Waals surface area contributed by atoms with Crippen molar-refractivity contribution in [2.24, 2.45) is 0 Å². The minimum absolute atomic E-state index is 0.151. The number of hydrogen-bond acceptors (Lipinski definition) is 4. The Kier molecular flexibility index (Phi) is 5.79. The molecule has 0 aliphatic rings. The van der Waals surface area contributed by atoms with Gasteiger partial charge in [-0.2, -0.15) is 0 Å². The Bertz CT molecular complexity index is 479. The molecule has 0 aromatic heterocycles. The van der Waals surface area contributed by atoms with Crippen molar-refractivity contribution in [3.63, 3.8) is 0 Å². The summed E-state index contributed by atoms with van der Waals surface area (Å²) in [5.41, 5.74) is 0.124. The predicted molar refractivity (Wildman–Crippen MR) is 81.0 cm³/mol. The minimum atomic E-state index is -1.34. The van der Waals surface area contributed by atoms with E-state index in [1.165, 1.54) is 0 Å². The van der Waals surface area contributed by atoms with E-state index in [9.17, 15) is 14.7 Å². The summed E-state index contributed by atoms with van der Waals surface area (Å²) in [5.74, 6) is -1.34. The van der Waals surface area contributed by atoms with Crippen LogP contribution in [0.5, 0.6) is 0 Å². The lowest BCUT2D eigenvalue weighted by molar-refractivity contribution is -0.308. The van der Waals surface area contributed by atoms with Gasteiger partial charge in [-0.25, -0.2) is 4.79 Å². The average molecular weight is 390 g/mol. The van der Waals surface area contributed by atoms with Gasteiger partial charge in [-0.3, -0.25) is 0 Å². The maximum absolute atomic E-state index is 11.6. The Hall–Kier alpha value is -1.31. The number of carbonyl (C=O) groups is 2. The van der Waals surface area contributed by atoms with Crippen molar-refractivity contribution in [1.82, 2.24) is 5.32 Å². The van der Waals surface area contributed by atoms with Gasteiger partial charge in [0.15, 0.2) is 0 Å². The lowest BCUT2D eigenvalue weighted by Gasteiger charge is -2.24. The highest BCUT2D eigenvalue weighted by atomic mass is 127. The summed E-state index contributed by atoms with van der Waals surface area (Å²) in [6.45, 7) is 5.12. The Balaban J connectivity index is 2.68. The Morgan fingerprint density at radius 1 is 1.30 bits per heavy atom. The second-order valence-electron chi connectivity index (χ2n) is 5.35. The number of amides is 1. The number of nitrogens with one attached hydrogen (secondary N) is 1. The Morgan fingerprint density at radius 3 is 2.30 bits per heavy atom. The Labute approximate surface area is 131 Å². The lowest BCUT2D eigenvalue weighted by Crippen LogP contribution is -2.50. The standard InChI is InChI=1S/C14H18INO4/c1-14(2,3)20-13(19)16-11(12(17)18)8-9-4-6-10(15)7-5-9/h4-7,11H,8H2,1-3H3,(H,16,19)(H,17,18)/p-1/t11-/m0/s1. The van der Waals surface area contributed by atoms with E-state index in [0.717, 1.165) is 9.13 Å². The topological polar surface area (TPSA) is 78.5 Å². The van der Waals surface area contributed by atoms with E-state index in [1.807, 2.05) is 24.3 Å². The molecule has 1 atom stereocenters. The van der Waals surface area contributed by atoms with Gasteiger partial charge in [-0.05, 0) is 67.5 Å². The fourth-order valence-corrected chi connectivity index (χ4v) is 1.86. The normalized spacial score (nSPS) is 12.6. The molecule has 1 aromatic carbocycles. The summed E-state index contributed by atoms with van der Waals surface area (Å²) in [6.07, 6.45) is -0.615. The van der Waals surface area contributed by atoms with Gasteiger partial charge in [-0.15, -0.1) is 0 Å². The molecule has 0 saturated carbocycles. The van der Waals surface area contributed by atoms with Gasteiger partial charge in [0.2, 0.25) is 0 Å². The molecule has 0 unspecified atom stereocenters. The predicted octanol–water partition coefficient (Wildman–Crippen LogP) is 1.48. The first-order chi connectivity index (χ1) is 9.17. The number of carboxylic acid groups (broad SMARTS) is 1. The van der Waals surface area contributed by atoms with Crippen LogP contribution in [0.2, 0.25) is 0 Å². The van der Waals surface area contributed by atoms with Crippen molar-refractivity contribution in [3.8, 4) is 0 Å². The number of halogens is 1. The maximum atomic E-state index is 11.6. The number of rotatable bonds is 4. The highest BCUT2D eigenvalue weighted by Crippen LogP contribution is 2.10. The van der Waals surface area contributed by atoms with E-state index in [0.29, 0.717) is 0 Å². The third-order valence-electron chi connectivity index (χ3n) is 2.33. The summed E-state index contributed by atoms with van der Waals surface area (Å²) in [6, 6.07) is 6.25. The van der Waals surface area contributed by atoms with Crippen molar-refractivity contribution >= 4 is 34.7 Å². The third-order valence-corrected chi connectivity index (χ3v) is 3.05. The molecule has 6 heteroatoms. The molecule has 0 heterocycles. The highest BCUT2D eigenvalue weighted by Gasteiger charge is 2.20. The molecular weight excluding hydrogens is 373 g/mol. The quantitative estimate of drug-likeness (QED) is 0.791. The first-order valence-corrected chi connectivity index (χ1v) is 7.20. The van der Waals surface area contributed by atoms with Crippen LogP contribution < -0.4 is 10.4 Å². The molecule has 1 aromatic rings. The zero-order valence-electron chi connectivity index (χ0n) is 11.6. The molecular formula is C14H17INO4-. The first kappa shape index (κ1) is 16.7. The van der Waals surface area contributed by atoms with Gasteiger partial charge >= 0.3 is 6.09 Å². The molecule has 0 bridgehead atoms. The van der Waals surface area contributed by atoms with Gasteiger partial charge in [-0.1, -0.05) is 12.1 Å². The number of carbonyl (C=O) groups excluding carboxylic acids is 2. The lowest BCUT2D eigenvalue weighted by atomic mass is 10.1. The molecule has 0 fully saturated rings. The third kappa shape index (κ3) is 6.23. The molecule has 1 rings (SSSR count). The molecule has 110 valence electrons. The van der Waals surface area contributed by atoms with E-state index >= 15 is 0 Å². The molecule has 0 aliphatic heterocycles. The van der Waals surface area contributed by atoms with Crippen LogP contribution in [0.25, 0.3) is 0 Å². The van der Waals surface area contributed by atoms with Gasteiger partial charge < -0.3 is 20.0 Å². The molecule has 20 heavy (non-hydrogen) atoms. The second-order valence-corrected chi connectivity index (χ2v) is 6.59. The Morgan fingerprint density at radius 2 is 1.85 bits per heavy atom. The molecule has 0 aliphatic carbocycles. The van der Waals surface area contributed by atoms with E-state index in [4.69, 9.17) is 4.74 Å². The highest BCUT2D eigenvalue weighted by molar-refractivity contribution is 14.1. The summed E-state index contributed by atoms with van der Waals surface area (Å²) in [4.78, 5) is 22.7. The molecule has 1 amide bonds. The summed E-state index contributed by atoms with van der Waals surface area (Å²) in [5, 5.41) is 13.4. The molecule has 0 spiro atoms. The minimum Gasteiger partial charge on any atom is -0.548 e. The zero-order valence-corrected chi connectivity index (χ0v) is 13.8. The summed E-state index contributed by atoms with van der Waals surface area (Å²) < 4.78 is 6.09. The van der Waals surface area contributed by atoms with Crippen LogP contribution in [0, 0.1) is 3.57 Å². The van der Waals surface area contributed by atoms with E-state index in [1.54, 1.807) is 20.8 Å². The fraction of sp³-hybridized carbons (Fsp3) is 0.429. The zero-order chi connectivity index (χ0) is 15.3. The smallest absolute Gasteiger partial charge is 0.408 e. The fourth-order valence-electron chi connectivity index (χ4n) is 1.50. The average Bonchev–Trinajstić information content (AvgIpc) is 2.28. The van der Waals surface area contributed by atoms with E-state index in [-0.39, 0.29) is 6.42 Å². The van der Waals surface area contributed by atoms with Crippen LogP contribution in [-0.4, -0.2) is 23.7 Å². The van der Waals surface area contributed by atoms with Crippen LogP contribution in [-0.2, 0) is 16.0 Å². The van der Waals surface area contributed by atoms with Crippen molar-refractivity contribution in [1.29, 1.82) is 0 Å². The van der Waals surface area contributed by atoms with Crippen LogP contribution in [0.15, 0.2) is 24.3 Å². The van der Waals surface area contributed by atoms with Gasteiger partial charge in [0, 0.05) is 3.57 Å². The van der Waals surface area contributed by atoms with Crippen LogP contribution >= 0.6 is 22.6 Å². The van der Waals surface area contributed by atoms with Crippen LogP contribution in [0.4, 0.5) is 4.79 Å². The number of benzene rings is 1. The second kappa shape index (κ2) is 6.92. The monoisotopic (exact) mass is 390 g/mol. The van der Waals surface area contributed by atoms with Crippen LogP contribution in [0.3, 0.4) is 0 Å². The number of carboxylic acids is 1. The molecule has 0 radical (unpaired) electrons. The van der Waals surface area contributed by atoms with Gasteiger partial charge in [0.25, 0.3) is 0 Å². The largest absolute Gasteiger partial charge is 0.548 e. The van der Waals surface area contributed by atoms with Crippen molar-refractivity contribution in [2.45, 2.75) is 38.8 Å². The number of alkyl carbamates (subject to hydrolysis) is 1. The van der Waals surface area contributed by atoms with Crippen molar-refractivity contribution in [3.05, 3.63) is 33.4 Å². The molecule has 5 nitrogen and oxygen atoms in total. The first-order valence-electron chi connectivity index (χ1n) is 6.12. The number of hydrogen-bond donors (Lipinski definition) is 1. The van der Waals surface area contributed by atoms with Crippen LogP contribution in [0.1, 0.15) is 26.3 Å². The summed E-state index contributed by atoms with van der Waals surface area (Å²) >= 11 is 2.16. The molecule has 0 saturated heterocycles. The maximum Gasteiger partial charge on any atom is 0.408 e. The van der Waals surface area contributed by atoms with Gasteiger partial charge in [0.1, 0.15) is 5.60 Å². The van der Waals surface area contributed by atoms with E-state index in [2.05, 4.69) is 27.9 Å². The molecule has 1 N–H and O–H groups in total. The van der Waals surface area contributed by atoms with Crippen molar-refractivity contribution in [2.75, 3.05) is 0 Å². The SMILES string of the molecule is CC(C)(C)OC(=O)N[C@@H](Cc1ccc(I)cc1)C(=O)[O-]. The number of aliphatic carboxylic acids is 1. The van der Waals surface area contributed by atoms with Crippen molar-refractivity contribution < 1.29 is 19.4 Å². The van der Waals surface area contributed by atoms with E-state index < -0.39 is 23.7 Å².